The average molecular weight is 552 g/mol. The number of amides is 3. The molecule has 13 heteroatoms. The number of hydrogen-bond donors (Lipinski definition) is 4. The number of aliphatic hydroxyl groups is 1. The first kappa shape index (κ1) is 25.6. The summed E-state index contributed by atoms with van der Waals surface area (Å²) in [5, 5.41) is 21.2. The number of H-pyrrole nitrogens is 1. The Hall–Kier alpha value is -3.62. The van der Waals surface area contributed by atoms with E-state index in [9.17, 15) is 14.4 Å². The highest BCUT2D eigenvalue weighted by atomic mass is 32.1. The highest BCUT2D eigenvalue weighted by molar-refractivity contribution is 7.17. The summed E-state index contributed by atoms with van der Waals surface area (Å²) in [5.41, 5.74) is 5.83. The molecule has 0 saturated carbocycles. The van der Waals surface area contributed by atoms with Crippen LogP contribution >= 0.6 is 11.3 Å². The van der Waals surface area contributed by atoms with Crippen LogP contribution in [0.15, 0.2) is 30.3 Å². The number of thiophene rings is 1. The molecular weight excluding hydrogens is 522 g/mol. The Labute approximate surface area is 228 Å². The first-order chi connectivity index (χ1) is 19.0. The molecule has 0 bridgehead atoms. The third-order valence-corrected chi connectivity index (χ3v) is 8.28. The van der Waals surface area contributed by atoms with E-state index in [0.717, 1.165) is 18.0 Å². The van der Waals surface area contributed by atoms with Crippen molar-refractivity contribution in [3.05, 3.63) is 46.3 Å². The lowest BCUT2D eigenvalue weighted by Gasteiger charge is -2.34. The first-order valence-corrected chi connectivity index (χ1v) is 13.7. The van der Waals surface area contributed by atoms with Crippen LogP contribution in [0.3, 0.4) is 0 Å². The van der Waals surface area contributed by atoms with Crippen LogP contribution in [0.5, 0.6) is 0 Å². The monoisotopic (exact) mass is 551 g/mol. The molecule has 6 rings (SSSR count). The number of aromatic amines is 1. The van der Waals surface area contributed by atoms with Crippen LogP contribution in [-0.4, -0.2) is 113 Å². The average Bonchev–Trinajstić information content (AvgIpc) is 3.67. The number of nitrogens with zero attached hydrogens (tertiary/aromatic N) is 4. The van der Waals surface area contributed by atoms with Crippen molar-refractivity contribution in [2.75, 3.05) is 71.0 Å². The van der Waals surface area contributed by atoms with Crippen molar-refractivity contribution in [2.45, 2.75) is 0 Å². The number of rotatable bonds is 6. The van der Waals surface area contributed by atoms with Crippen LogP contribution in [0.4, 0.5) is 10.5 Å². The molecule has 2 aromatic heterocycles. The zero-order valence-corrected chi connectivity index (χ0v) is 22.1. The number of hydrazine groups is 1. The van der Waals surface area contributed by atoms with Crippen molar-refractivity contribution in [3.8, 4) is 21.8 Å². The minimum absolute atomic E-state index is 0.0468. The Kier molecular flexibility index (Phi) is 7.14. The molecule has 2 fully saturated rings. The van der Waals surface area contributed by atoms with Gasteiger partial charge in [0.2, 0.25) is 0 Å². The number of ketones is 1. The molecule has 0 unspecified atom stereocenters. The van der Waals surface area contributed by atoms with E-state index in [0.29, 0.717) is 84.6 Å². The van der Waals surface area contributed by atoms with Crippen LogP contribution in [0, 0.1) is 0 Å². The summed E-state index contributed by atoms with van der Waals surface area (Å²) in [4.78, 5) is 44.7. The maximum absolute atomic E-state index is 13.7. The Balaban J connectivity index is 1.19. The van der Waals surface area contributed by atoms with E-state index in [1.165, 1.54) is 11.3 Å². The maximum Gasteiger partial charge on any atom is 0.333 e. The molecule has 1 aromatic carbocycles. The smallest absolute Gasteiger partial charge is 0.333 e. The number of β-amino-alcohol motifs (C(OH)–C–C–N with tert-alkyl or cyclic N) is 1. The van der Waals surface area contributed by atoms with E-state index in [1.54, 1.807) is 23.2 Å². The van der Waals surface area contributed by atoms with E-state index >= 15 is 0 Å². The van der Waals surface area contributed by atoms with Gasteiger partial charge in [0.1, 0.15) is 5.69 Å². The standard InChI is InChI=1S/C26H29N7O5S/c34-13-10-31-6-8-32(9-7-31)25(36)19-5-4-18(39-19)23-21-22(28-29-23)16-2-1-3-17(20(16)24(21)35)27-26(37)30-33-11-14-38-15-12-33/h1-5,34H,6-15H2,(H,28,29)(H2,27,30,37). The molecule has 0 spiro atoms. The number of ether oxygens (including phenoxy) is 1. The topological polar surface area (TPSA) is 143 Å². The molecule has 204 valence electrons. The highest BCUT2D eigenvalue weighted by Gasteiger charge is 2.36. The number of urea groups is 1. The van der Waals surface area contributed by atoms with Gasteiger partial charge in [0, 0.05) is 51.4 Å². The molecule has 3 aliphatic rings. The SMILES string of the molecule is O=C(Nc1cccc2c1C(=O)c1c(-c3ccc(C(=O)N4CCN(CCO)CC4)s3)n[nH]c1-2)NN1CCOCC1. The van der Waals surface area contributed by atoms with Crippen molar-refractivity contribution in [2.24, 2.45) is 0 Å². The molecule has 12 nitrogen and oxygen atoms in total. The van der Waals surface area contributed by atoms with Crippen molar-refractivity contribution in [1.29, 1.82) is 0 Å². The number of aliphatic hydroxyl groups excluding tert-OH is 1. The van der Waals surface area contributed by atoms with E-state index < -0.39 is 6.03 Å². The van der Waals surface area contributed by atoms with Crippen molar-refractivity contribution in [1.82, 2.24) is 30.4 Å². The Bertz CT molecular complexity index is 1410. The fraction of sp³-hybridized carbons (Fsp3) is 0.385. The van der Waals surface area contributed by atoms with Gasteiger partial charge in [-0.25, -0.2) is 9.80 Å². The van der Waals surface area contributed by atoms with Crippen molar-refractivity contribution in [3.63, 3.8) is 0 Å². The van der Waals surface area contributed by atoms with Gasteiger partial charge < -0.3 is 20.1 Å². The van der Waals surface area contributed by atoms with E-state index in [1.807, 2.05) is 17.0 Å². The largest absolute Gasteiger partial charge is 0.395 e. The van der Waals surface area contributed by atoms with Gasteiger partial charge >= 0.3 is 6.03 Å². The predicted octanol–water partition coefficient (Wildman–Crippen LogP) is 1.47. The predicted molar refractivity (Wildman–Crippen MR) is 145 cm³/mol. The van der Waals surface area contributed by atoms with Crippen molar-refractivity contribution >= 4 is 34.7 Å². The van der Waals surface area contributed by atoms with Gasteiger partial charge in [0.15, 0.2) is 5.78 Å². The third-order valence-electron chi connectivity index (χ3n) is 7.20. The van der Waals surface area contributed by atoms with Crippen LogP contribution in [0.1, 0.15) is 25.6 Å². The summed E-state index contributed by atoms with van der Waals surface area (Å²) < 4.78 is 5.31. The number of anilines is 1. The van der Waals surface area contributed by atoms with Crippen LogP contribution in [-0.2, 0) is 4.74 Å². The van der Waals surface area contributed by atoms with E-state index in [2.05, 4.69) is 25.8 Å². The zero-order valence-electron chi connectivity index (χ0n) is 21.2. The molecule has 4 N–H and O–H groups in total. The lowest BCUT2D eigenvalue weighted by molar-refractivity contribution is 0.0207. The normalized spacial score (nSPS) is 17.7. The number of hydrogen-bond acceptors (Lipinski definition) is 9. The summed E-state index contributed by atoms with van der Waals surface area (Å²) in [6.07, 6.45) is 0. The van der Waals surface area contributed by atoms with Crippen molar-refractivity contribution < 1.29 is 24.2 Å². The lowest BCUT2D eigenvalue weighted by atomic mass is 10.1. The summed E-state index contributed by atoms with van der Waals surface area (Å²) >= 11 is 1.31. The van der Waals surface area contributed by atoms with E-state index in [-0.39, 0.29) is 18.3 Å². The molecule has 39 heavy (non-hydrogen) atoms. The van der Waals surface area contributed by atoms with E-state index in [4.69, 9.17) is 9.84 Å². The number of carbonyl (C=O) groups excluding carboxylic acids is 3. The molecular formula is C26H29N7O5S. The number of carbonyl (C=O) groups is 3. The van der Waals surface area contributed by atoms with Gasteiger partial charge in [-0.15, -0.1) is 11.3 Å². The molecule has 4 heterocycles. The molecule has 2 aliphatic heterocycles. The van der Waals surface area contributed by atoms with Gasteiger partial charge in [-0.2, -0.15) is 5.10 Å². The van der Waals surface area contributed by atoms with Crippen LogP contribution in [0.2, 0.25) is 0 Å². The fourth-order valence-corrected chi connectivity index (χ4v) is 6.16. The molecule has 2 saturated heterocycles. The summed E-state index contributed by atoms with van der Waals surface area (Å²) in [7, 11) is 0. The fourth-order valence-electron chi connectivity index (χ4n) is 5.19. The van der Waals surface area contributed by atoms with Gasteiger partial charge in [-0.1, -0.05) is 12.1 Å². The van der Waals surface area contributed by atoms with Crippen LogP contribution < -0.4 is 10.7 Å². The Morgan fingerprint density at radius 1 is 1.05 bits per heavy atom. The lowest BCUT2D eigenvalue weighted by Crippen LogP contribution is -2.49. The minimum Gasteiger partial charge on any atom is -0.395 e. The number of morpholine rings is 1. The van der Waals surface area contributed by atoms with Gasteiger partial charge in [0.25, 0.3) is 5.91 Å². The number of fused-ring (bicyclic) bond motifs is 3. The van der Waals surface area contributed by atoms with Gasteiger partial charge in [-0.05, 0) is 18.2 Å². The molecule has 3 aromatic rings. The number of nitrogens with one attached hydrogen (secondary N) is 3. The molecule has 0 atom stereocenters. The summed E-state index contributed by atoms with van der Waals surface area (Å²) in [6, 6.07) is 8.49. The number of aromatic nitrogens is 2. The second-order valence-electron chi connectivity index (χ2n) is 9.57. The quantitative estimate of drug-likeness (QED) is 0.282. The Morgan fingerprint density at radius 2 is 1.85 bits per heavy atom. The highest BCUT2D eigenvalue weighted by Crippen LogP contribution is 2.44. The zero-order chi connectivity index (χ0) is 26.9. The Morgan fingerprint density at radius 3 is 2.62 bits per heavy atom. The summed E-state index contributed by atoms with van der Waals surface area (Å²) in [5.74, 6) is -0.276. The molecule has 3 amide bonds. The second kappa shape index (κ2) is 10.9. The third kappa shape index (κ3) is 4.94. The number of benzene rings is 1. The second-order valence-corrected chi connectivity index (χ2v) is 10.6. The van der Waals surface area contributed by atoms with Crippen LogP contribution in [0.25, 0.3) is 21.8 Å². The first-order valence-electron chi connectivity index (χ1n) is 12.9. The van der Waals surface area contributed by atoms with Gasteiger partial charge in [-0.3, -0.25) is 25.0 Å². The molecule has 1 aliphatic carbocycles. The maximum atomic E-state index is 13.7. The molecule has 0 radical (unpaired) electrons. The summed E-state index contributed by atoms with van der Waals surface area (Å²) in [6.45, 7) is 5.64. The van der Waals surface area contributed by atoms with Gasteiger partial charge in [0.05, 0.1) is 52.1 Å². The number of piperazine rings is 1. The minimum atomic E-state index is -0.425.